The van der Waals surface area contributed by atoms with E-state index >= 15 is 0 Å². The minimum Gasteiger partial charge on any atom is -0.733 e. The predicted octanol–water partition coefficient (Wildman–Crippen LogP) is 2.62. The zero-order valence-electron chi connectivity index (χ0n) is 18.5. The van der Waals surface area contributed by atoms with Gasteiger partial charge in [0.25, 0.3) is 5.56 Å². The number of pyridine rings is 1. The van der Waals surface area contributed by atoms with Gasteiger partial charge in [-0.2, -0.15) is 0 Å². The fraction of sp³-hybridized carbons (Fsp3) is 0.360. The third-order valence-corrected chi connectivity index (χ3v) is 7.57. The molecular formula is C25H25N4O5-. The first kappa shape index (κ1) is 21.0. The van der Waals surface area contributed by atoms with Crippen molar-refractivity contribution in [3.05, 3.63) is 87.4 Å². The third-order valence-electron chi connectivity index (χ3n) is 7.57. The van der Waals surface area contributed by atoms with E-state index in [0.717, 1.165) is 23.4 Å². The molecule has 2 aromatic heterocycles. The molecule has 0 spiro atoms. The topological polar surface area (TPSA) is 114 Å². The molecule has 1 saturated heterocycles. The predicted molar refractivity (Wildman–Crippen MR) is 125 cm³/mol. The number of nitrogens with zero attached hydrogens (tertiary/aromatic N) is 3. The van der Waals surface area contributed by atoms with Gasteiger partial charge in [0.1, 0.15) is 5.76 Å². The van der Waals surface area contributed by atoms with E-state index in [2.05, 4.69) is 10.2 Å². The maximum absolute atomic E-state index is 13.5. The van der Waals surface area contributed by atoms with Crippen molar-refractivity contribution in [1.29, 1.82) is 0 Å². The summed E-state index contributed by atoms with van der Waals surface area (Å²) < 4.78 is 7.23. The molecule has 1 fully saturated rings. The fourth-order valence-electron chi connectivity index (χ4n) is 6.18. The molecule has 0 aliphatic carbocycles. The van der Waals surface area contributed by atoms with Gasteiger partial charge in [0.15, 0.2) is 0 Å². The Balaban J connectivity index is 1.39. The van der Waals surface area contributed by atoms with Gasteiger partial charge in [-0.3, -0.25) is 14.8 Å². The van der Waals surface area contributed by atoms with Crippen LogP contribution in [0.3, 0.4) is 0 Å². The summed E-state index contributed by atoms with van der Waals surface area (Å²) in [5.74, 6) is 0.522. The van der Waals surface area contributed by atoms with Gasteiger partial charge in [-0.25, -0.2) is 0 Å². The van der Waals surface area contributed by atoms with Gasteiger partial charge in [-0.1, -0.05) is 6.07 Å². The van der Waals surface area contributed by atoms with E-state index in [1.807, 2.05) is 28.8 Å². The van der Waals surface area contributed by atoms with Crippen LogP contribution in [0.1, 0.15) is 29.4 Å². The monoisotopic (exact) mass is 461 g/mol. The molecule has 3 aliphatic heterocycles. The Hall–Kier alpha value is -3.56. The van der Waals surface area contributed by atoms with Crippen LogP contribution < -0.4 is 21.0 Å². The average molecular weight is 461 g/mol. The Bertz CT molecular complexity index is 1280. The molecule has 5 heterocycles. The molecule has 4 atom stereocenters. The molecule has 2 N–H and O–H groups in total. The Morgan fingerprint density at radius 3 is 2.88 bits per heavy atom. The summed E-state index contributed by atoms with van der Waals surface area (Å²) in [6, 6.07) is 14.1. The van der Waals surface area contributed by atoms with Crippen LogP contribution in [0.2, 0.25) is 0 Å². The number of carbonyl (C=O) groups excluding carboxylic acids is 1. The molecule has 3 aromatic rings. The Morgan fingerprint density at radius 1 is 1.21 bits per heavy atom. The van der Waals surface area contributed by atoms with E-state index in [1.54, 1.807) is 30.5 Å². The maximum atomic E-state index is 13.5. The first-order chi connectivity index (χ1) is 16.5. The second-order valence-corrected chi connectivity index (χ2v) is 9.43. The van der Waals surface area contributed by atoms with Crippen molar-refractivity contribution in [2.45, 2.75) is 37.9 Å². The van der Waals surface area contributed by atoms with Crippen LogP contribution in [0.25, 0.3) is 0 Å². The molecule has 4 unspecified atom stereocenters. The van der Waals surface area contributed by atoms with Crippen molar-refractivity contribution in [2.24, 2.45) is 11.8 Å². The van der Waals surface area contributed by atoms with E-state index in [4.69, 9.17) is 4.42 Å². The summed E-state index contributed by atoms with van der Waals surface area (Å²) in [6.07, 6.45) is 2.94. The van der Waals surface area contributed by atoms with Crippen molar-refractivity contribution >= 4 is 17.3 Å². The Kier molecular flexibility index (Phi) is 4.96. The lowest BCUT2D eigenvalue weighted by Crippen LogP contribution is -2.61. The number of benzene rings is 1. The highest BCUT2D eigenvalue weighted by atomic mass is 16.8. The molecule has 34 heavy (non-hydrogen) atoms. The van der Waals surface area contributed by atoms with Crippen molar-refractivity contribution in [3.8, 4) is 0 Å². The zero-order chi connectivity index (χ0) is 23.4. The third kappa shape index (κ3) is 3.39. The van der Waals surface area contributed by atoms with E-state index in [1.165, 1.54) is 0 Å². The van der Waals surface area contributed by atoms with Gasteiger partial charge in [-0.15, -0.1) is 0 Å². The molecule has 2 bridgehead atoms. The lowest BCUT2D eigenvalue weighted by atomic mass is 9.70. The number of amides is 1. The molecule has 176 valence electrons. The van der Waals surface area contributed by atoms with Crippen LogP contribution in [0.15, 0.2) is 64.0 Å². The number of piperidine rings is 1. The first-order valence-corrected chi connectivity index (χ1v) is 11.5. The largest absolute Gasteiger partial charge is 0.733 e. The normalized spacial score (nSPS) is 24.6. The number of fused-ring (bicyclic) bond motifs is 8. The van der Waals surface area contributed by atoms with E-state index < -0.39 is 0 Å². The highest BCUT2D eigenvalue weighted by Gasteiger charge is 2.49. The Morgan fingerprint density at radius 2 is 2.09 bits per heavy atom. The first-order valence-electron chi connectivity index (χ1n) is 11.5. The molecule has 9 heteroatoms. The standard InChI is InChI=1S/C25H25N4O5/c30-23-5-1-4-21-16-9-17(14-27(21)23)24-20(25(31)26-12-19-3-2-8-34-19)11-15-10-18(29(32)33)6-7-22(15)28(24)13-16/h1-8,10,16-17,20,24,32H,9,11-14H2,(H,26,31)/q-1. The van der Waals surface area contributed by atoms with E-state index in [-0.39, 0.29) is 46.2 Å². The summed E-state index contributed by atoms with van der Waals surface area (Å²) in [7, 11) is 0. The number of hydrogen-bond acceptors (Lipinski definition) is 7. The van der Waals surface area contributed by atoms with Gasteiger partial charge in [0.05, 0.1) is 24.4 Å². The smallest absolute Gasteiger partial charge is 0.250 e. The van der Waals surface area contributed by atoms with E-state index in [9.17, 15) is 20.0 Å². The minimum absolute atomic E-state index is 0.00111. The number of carbonyl (C=O) groups is 1. The van der Waals surface area contributed by atoms with Gasteiger partial charge in [0, 0.05) is 42.5 Å². The summed E-state index contributed by atoms with van der Waals surface area (Å²) in [4.78, 5) is 28.4. The summed E-state index contributed by atoms with van der Waals surface area (Å²) >= 11 is 0. The van der Waals surface area contributed by atoms with Crippen molar-refractivity contribution < 1.29 is 14.4 Å². The number of rotatable bonds is 4. The van der Waals surface area contributed by atoms with Crippen LogP contribution >= 0.6 is 0 Å². The number of furan rings is 1. The van der Waals surface area contributed by atoms with Crippen molar-refractivity contribution in [1.82, 2.24) is 9.88 Å². The lowest BCUT2D eigenvalue weighted by molar-refractivity contribution is -0.127. The van der Waals surface area contributed by atoms with Gasteiger partial charge in [0.2, 0.25) is 5.91 Å². The second-order valence-electron chi connectivity index (χ2n) is 9.43. The zero-order valence-corrected chi connectivity index (χ0v) is 18.5. The van der Waals surface area contributed by atoms with Crippen LogP contribution in [-0.4, -0.2) is 28.3 Å². The molecule has 1 aromatic carbocycles. The second kappa shape index (κ2) is 8.03. The van der Waals surface area contributed by atoms with Crippen LogP contribution in [0.4, 0.5) is 11.4 Å². The highest BCUT2D eigenvalue weighted by molar-refractivity contribution is 5.82. The number of aromatic nitrogens is 1. The molecule has 1 amide bonds. The van der Waals surface area contributed by atoms with Gasteiger partial charge >= 0.3 is 0 Å². The summed E-state index contributed by atoms with van der Waals surface area (Å²) in [6.45, 7) is 1.55. The molecule has 6 rings (SSSR count). The summed E-state index contributed by atoms with van der Waals surface area (Å²) in [5.41, 5.74) is 3.00. The number of hydrogen-bond donors (Lipinski definition) is 2. The maximum Gasteiger partial charge on any atom is 0.250 e. The van der Waals surface area contributed by atoms with Crippen LogP contribution in [-0.2, 0) is 24.3 Å². The minimum atomic E-state index is -0.372. The van der Waals surface area contributed by atoms with Crippen LogP contribution in [0.5, 0.6) is 0 Å². The lowest BCUT2D eigenvalue weighted by Gasteiger charge is -2.54. The molecular weight excluding hydrogens is 436 g/mol. The van der Waals surface area contributed by atoms with Crippen molar-refractivity contribution in [2.75, 3.05) is 16.7 Å². The number of anilines is 2. The quantitative estimate of drug-likeness (QED) is 0.574. The van der Waals surface area contributed by atoms with Gasteiger partial charge < -0.3 is 29.6 Å². The molecule has 0 radical (unpaired) electrons. The summed E-state index contributed by atoms with van der Waals surface area (Å²) in [5, 5.41) is 23.8. The average Bonchev–Trinajstić information content (AvgIpc) is 3.36. The molecule has 9 nitrogen and oxygen atoms in total. The Labute approximate surface area is 195 Å². The molecule has 3 aliphatic rings. The van der Waals surface area contributed by atoms with Crippen LogP contribution in [0, 0.1) is 17.0 Å². The molecule has 0 saturated carbocycles. The van der Waals surface area contributed by atoms with E-state index in [0.29, 0.717) is 31.8 Å². The van der Waals surface area contributed by atoms with Gasteiger partial charge in [-0.05, 0) is 60.7 Å². The number of nitrogens with one attached hydrogen (secondary N) is 1. The highest BCUT2D eigenvalue weighted by Crippen LogP contribution is 2.47. The van der Waals surface area contributed by atoms with Crippen molar-refractivity contribution in [3.63, 3.8) is 0 Å². The SMILES string of the molecule is O=C(NCc1ccco1)C1Cc2cc(N([O-])O)ccc2N2CC3CC(Cn4c3cccc4=O)C12. The fourth-order valence-corrected chi connectivity index (χ4v) is 6.18.